The van der Waals surface area contributed by atoms with Gasteiger partial charge in [0.1, 0.15) is 0 Å². The van der Waals surface area contributed by atoms with Crippen LogP contribution in [0.4, 0.5) is 0 Å². The van der Waals surface area contributed by atoms with Gasteiger partial charge in [-0.25, -0.2) is 0 Å². The zero-order chi connectivity index (χ0) is 9.10. The smallest absolute Gasteiger partial charge is 0.156 e. The average Bonchev–Trinajstić information content (AvgIpc) is 2.53. The van der Waals surface area contributed by atoms with Crippen LogP contribution in [0.5, 0.6) is 0 Å². The Morgan fingerprint density at radius 3 is 2.69 bits per heavy atom. The van der Waals surface area contributed by atoms with Crippen LogP contribution in [0.3, 0.4) is 0 Å². The van der Waals surface area contributed by atoms with E-state index in [1.165, 1.54) is 4.91 Å². The van der Waals surface area contributed by atoms with Crippen LogP contribution in [-0.2, 0) is 9.53 Å². The Labute approximate surface area is 82.7 Å². The van der Waals surface area contributed by atoms with Crippen LogP contribution in [0.1, 0.15) is 25.7 Å². The van der Waals surface area contributed by atoms with Crippen LogP contribution in [-0.4, -0.2) is 24.2 Å². The Hall–Kier alpha value is -0.280. The van der Waals surface area contributed by atoms with E-state index in [0.717, 1.165) is 38.9 Å². The molecule has 0 unspecified atom stereocenters. The van der Waals surface area contributed by atoms with E-state index in [0.29, 0.717) is 11.0 Å². The molecule has 2 rings (SSSR count). The topological polar surface area (TPSA) is 26.3 Å². The van der Waals surface area contributed by atoms with Crippen molar-refractivity contribution >= 4 is 17.5 Å². The van der Waals surface area contributed by atoms with Gasteiger partial charge in [-0.1, -0.05) is 0 Å². The van der Waals surface area contributed by atoms with Crippen molar-refractivity contribution in [2.24, 2.45) is 0 Å². The minimum absolute atomic E-state index is 0.301. The molecule has 0 aromatic heterocycles. The molecule has 0 atom stereocenters. The predicted molar refractivity (Wildman–Crippen MR) is 53.8 cm³/mol. The number of allylic oxidation sites excluding steroid dienone is 2. The highest BCUT2D eigenvalue weighted by Crippen LogP contribution is 2.34. The molecule has 0 aromatic rings. The van der Waals surface area contributed by atoms with Crippen molar-refractivity contribution in [2.45, 2.75) is 30.9 Å². The maximum Gasteiger partial charge on any atom is 0.156 e. The Bertz CT molecular complexity index is 229. The number of rotatable bonds is 2. The van der Waals surface area contributed by atoms with Gasteiger partial charge < -0.3 is 4.74 Å². The number of hydrogen-bond acceptors (Lipinski definition) is 3. The third-order valence-electron chi connectivity index (χ3n) is 2.43. The van der Waals surface area contributed by atoms with Gasteiger partial charge in [-0.05, 0) is 30.2 Å². The Morgan fingerprint density at radius 1 is 1.31 bits per heavy atom. The van der Waals surface area contributed by atoms with Gasteiger partial charge in [-0.2, -0.15) is 0 Å². The second-order valence-electron chi connectivity index (χ2n) is 3.51. The number of hydrogen-bond donors (Lipinski definition) is 0. The van der Waals surface area contributed by atoms with Crippen molar-refractivity contribution in [1.82, 2.24) is 0 Å². The molecule has 0 bridgehead atoms. The highest BCUT2D eigenvalue weighted by molar-refractivity contribution is 8.03. The summed E-state index contributed by atoms with van der Waals surface area (Å²) in [6.07, 6.45) is 5.79. The van der Waals surface area contributed by atoms with E-state index in [4.69, 9.17) is 4.74 Å². The van der Waals surface area contributed by atoms with E-state index in [1.54, 1.807) is 0 Å². The second kappa shape index (κ2) is 4.29. The zero-order valence-electron chi connectivity index (χ0n) is 7.62. The minimum Gasteiger partial charge on any atom is -0.381 e. The van der Waals surface area contributed by atoms with Gasteiger partial charge in [0.25, 0.3) is 0 Å². The van der Waals surface area contributed by atoms with E-state index < -0.39 is 0 Å². The average molecular weight is 198 g/mol. The number of ketones is 1. The molecule has 13 heavy (non-hydrogen) atoms. The molecule has 0 N–H and O–H groups in total. The standard InChI is InChI=1S/C10H14O2S/c11-8-1-2-10(7-8)13-9-3-5-12-6-4-9/h7,9H,1-6H2. The van der Waals surface area contributed by atoms with Crippen LogP contribution in [0.2, 0.25) is 0 Å². The molecule has 0 amide bonds. The van der Waals surface area contributed by atoms with Crippen LogP contribution in [0.15, 0.2) is 11.0 Å². The van der Waals surface area contributed by atoms with E-state index in [1.807, 2.05) is 17.8 Å². The Morgan fingerprint density at radius 2 is 2.08 bits per heavy atom. The molecule has 1 aliphatic carbocycles. The summed E-state index contributed by atoms with van der Waals surface area (Å²) >= 11 is 1.89. The number of ether oxygens (including phenoxy) is 1. The van der Waals surface area contributed by atoms with Crippen LogP contribution in [0, 0.1) is 0 Å². The lowest BCUT2D eigenvalue weighted by molar-refractivity contribution is -0.114. The van der Waals surface area contributed by atoms with Gasteiger partial charge >= 0.3 is 0 Å². The largest absolute Gasteiger partial charge is 0.381 e. The van der Waals surface area contributed by atoms with Crippen molar-refractivity contribution in [3.63, 3.8) is 0 Å². The number of thioether (sulfide) groups is 1. The first-order valence-corrected chi connectivity index (χ1v) is 5.70. The lowest BCUT2D eigenvalue weighted by Gasteiger charge is -2.21. The molecule has 1 aliphatic heterocycles. The Kier molecular flexibility index (Phi) is 3.06. The molecule has 0 saturated carbocycles. The fraction of sp³-hybridized carbons (Fsp3) is 0.700. The van der Waals surface area contributed by atoms with E-state index in [-0.39, 0.29) is 0 Å². The van der Waals surface area contributed by atoms with Crippen LogP contribution in [0.25, 0.3) is 0 Å². The number of carbonyl (C=O) groups excluding carboxylic acids is 1. The number of carbonyl (C=O) groups is 1. The van der Waals surface area contributed by atoms with Gasteiger partial charge in [0.05, 0.1) is 0 Å². The maximum absolute atomic E-state index is 11.0. The summed E-state index contributed by atoms with van der Waals surface area (Å²) in [5.74, 6) is 0.301. The van der Waals surface area contributed by atoms with E-state index in [2.05, 4.69) is 0 Å². The first-order valence-electron chi connectivity index (χ1n) is 4.82. The van der Waals surface area contributed by atoms with E-state index >= 15 is 0 Å². The fourth-order valence-electron chi connectivity index (χ4n) is 1.67. The molecular formula is C10H14O2S. The first-order chi connectivity index (χ1) is 6.34. The SMILES string of the molecule is O=C1C=C(SC2CCOCC2)CC1. The van der Waals surface area contributed by atoms with Crippen molar-refractivity contribution in [3.05, 3.63) is 11.0 Å². The third kappa shape index (κ3) is 2.58. The summed E-state index contributed by atoms with van der Waals surface area (Å²) in [5.41, 5.74) is 0. The monoisotopic (exact) mass is 198 g/mol. The van der Waals surface area contributed by atoms with Crippen molar-refractivity contribution < 1.29 is 9.53 Å². The molecule has 3 heteroatoms. The fourth-order valence-corrected chi connectivity index (χ4v) is 2.95. The summed E-state index contributed by atoms with van der Waals surface area (Å²) < 4.78 is 5.29. The zero-order valence-corrected chi connectivity index (χ0v) is 8.44. The first kappa shape index (κ1) is 9.28. The molecule has 2 nitrogen and oxygen atoms in total. The van der Waals surface area contributed by atoms with Crippen molar-refractivity contribution in [1.29, 1.82) is 0 Å². The summed E-state index contributed by atoms with van der Waals surface area (Å²) in [4.78, 5) is 12.3. The molecule has 0 aromatic carbocycles. The molecular weight excluding hydrogens is 184 g/mol. The second-order valence-corrected chi connectivity index (χ2v) is 4.93. The van der Waals surface area contributed by atoms with Gasteiger partial charge in [0.2, 0.25) is 0 Å². The predicted octanol–water partition coefficient (Wildman–Crippen LogP) is 2.15. The minimum atomic E-state index is 0.301. The lowest BCUT2D eigenvalue weighted by atomic mass is 10.2. The normalized spacial score (nSPS) is 24.9. The maximum atomic E-state index is 11.0. The van der Waals surface area contributed by atoms with Crippen molar-refractivity contribution in [3.8, 4) is 0 Å². The molecule has 2 aliphatic rings. The summed E-state index contributed by atoms with van der Waals surface area (Å²) in [6.45, 7) is 1.78. The highest BCUT2D eigenvalue weighted by Gasteiger charge is 2.19. The van der Waals surface area contributed by atoms with E-state index in [9.17, 15) is 4.79 Å². The lowest BCUT2D eigenvalue weighted by Crippen LogP contribution is -2.17. The molecule has 1 heterocycles. The molecule has 0 radical (unpaired) electrons. The van der Waals surface area contributed by atoms with Gasteiger partial charge in [-0.15, -0.1) is 11.8 Å². The van der Waals surface area contributed by atoms with Crippen LogP contribution >= 0.6 is 11.8 Å². The van der Waals surface area contributed by atoms with Gasteiger partial charge in [0, 0.05) is 24.9 Å². The third-order valence-corrected chi connectivity index (χ3v) is 3.86. The molecule has 0 spiro atoms. The summed E-state index contributed by atoms with van der Waals surface area (Å²) in [6, 6.07) is 0. The van der Waals surface area contributed by atoms with Gasteiger partial charge in [-0.3, -0.25) is 4.79 Å². The summed E-state index contributed by atoms with van der Waals surface area (Å²) in [7, 11) is 0. The summed E-state index contributed by atoms with van der Waals surface area (Å²) in [5, 5.41) is 0.686. The van der Waals surface area contributed by atoms with Gasteiger partial charge in [0.15, 0.2) is 5.78 Å². The molecule has 1 saturated heterocycles. The molecule has 1 fully saturated rings. The highest BCUT2D eigenvalue weighted by atomic mass is 32.2. The quantitative estimate of drug-likeness (QED) is 0.680. The van der Waals surface area contributed by atoms with Crippen LogP contribution < -0.4 is 0 Å². The van der Waals surface area contributed by atoms with Crippen molar-refractivity contribution in [2.75, 3.05) is 13.2 Å². The molecule has 72 valence electrons. The Balaban J connectivity index is 1.83.